The van der Waals surface area contributed by atoms with Crippen LogP contribution in [0.25, 0.3) is 0 Å². The molecule has 3 fully saturated rings. The third-order valence-electron chi connectivity index (χ3n) is 7.48. The number of anilines is 2. The number of hydrogen-bond acceptors (Lipinski definition) is 8. The Morgan fingerprint density at radius 1 is 1.29 bits per heavy atom. The Morgan fingerprint density at radius 3 is 2.79 bits per heavy atom. The Balaban J connectivity index is 1.24. The van der Waals surface area contributed by atoms with Crippen molar-refractivity contribution in [2.75, 3.05) is 63.1 Å². The van der Waals surface area contributed by atoms with E-state index in [1.54, 1.807) is 4.68 Å². The highest BCUT2D eigenvalue weighted by Gasteiger charge is 2.36. The fraction of sp³-hybridized carbons (Fsp3) is 0.826. The van der Waals surface area contributed by atoms with Crippen molar-refractivity contribution in [3.63, 3.8) is 0 Å². The number of halogens is 1. The van der Waals surface area contributed by atoms with Crippen molar-refractivity contribution in [2.24, 2.45) is 0 Å². The molecule has 11 heteroatoms. The van der Waals surface area contributed by atoms with Crippen molar-refractivity contribution in [2.45, 2.75) is 69.6 Å². The van der Waals surface area contributed by atoms with Gasteiger partial charge in [0.1, 0.15) is 17.6 Å². The highest BCUT2D eigenvalue weighted by atomic mass is 19.1. The molecular weight excluding hydrogens is 441 g/mol. The molecule has 3 saturated heterocycles. The van der Waals surface area contributed by atoms with Gasteiger partial charge in [-0.1, -0.05) is 6.92 Å². The molecule has 0 bridgehead atoms. The van der Waals surface area contributed by atoms with Gasteiger partial charge in [0.15, 0.2) is 5.82 Å². The van der Waals surface area contributed by atoms with E-state index in [2.05, 4.69) is 20.6 Å². The number of piperidine rings is 2. The van der Waals surface area contributed by atoms with Gasteiger partial charge in [0, 0.05) is 26.2 Å². The molecule has 0 aliphatic carbocycles. The molecule has 4 aliphatic heterocycles. The number of aromatic nitrogens is 2. The van der Waals surface area contributed by atoms with Crippen LogP contribution in [-0.4, -0.2) is 104 Å². The first-order valence-electron chi connectivity index (χ1n) is 12.8. The first-order valence-corrected chi connectivity index (χ1v) is 12.8. The number of nitrogens with two attached hydrogens (primary N) is 1. The lowest BCUT2D eigenvalue weighted by Crippen LogP contribution is -2.57. The van der Waals surface area contributed by atoms with E-state index in [1.165, 1.54) is 0 Å². The molecule has 4 aliphatic rings. The average Bonchev–Trinajstić information content (AvgIpc) is 3.11. The summed E-state index contributed by atoms with van der Waals surface area (Å²) in [5, 5.41) is 10.8. The minimum atomic E-state index is -1.03. The third-order valence-corrected chi connectivity index (χ3v) is 7.48. The number of nitrogens with zero attached hydrogens (tertiary/aromatic N) is 4. The van der Waals surface area contributed by atoms with Crippen LogP contribution in [0.5, 0.6) is 0 Å². The molecule has 1 aromatic rings. The lowest BCUT2D eigenvalue weighted by atomic mass is 10.0. The van der Waals surface area contributed by atoms with E-state index in [-0.39, 0.29) is 43.1 Å². The molecule has 4 N–H and O–H groups in total. The molecule has 5 rings (SSSR count). The topological polar surface area (TPSA) is 110 Å². The highest BCUT2D eigenvalue weighted by Crippen LogP contribution is 2.31. The van der Waals surface area contributed by atoms with Crippen molar-refractivity contribution in [1.29, 1.82) is 0 Å². The van der Waals surface area contributed by atoms with Gasteiger partial charge in [-0.3, -0.25) is 9.69 Å². The molecule has 190 valence electrons. The molecule has 3 atom stereocenters. The van der Waals surface area contributed by atoms with Gasteiger partial charge in [-0.15, -0.1) is 0 Å². The van der Waals surface area contributed by atoms with E-state index in [9.17, 15) is 9.18 Å². The van der Waals surface area contributed by atoms with Gasteiger partial charge >= 0.3 is 0 Å². The Morgan fingerprint density at radius 2 is 2.09 bits per heavy atom. The summed E-state index contributed by atoms with van der Waals surface area (Å²) in [5.41, 5.74) is 6.51. The first-order chi connectivity index (χ1) is 16.5. The fourth-order valence-corrected chi connectivity index (χ4v) is 5.62. The number of likely N-dealkylation sites (tertiary alicyclic amines) is 1. The third kappa shape index (κ3) is 4.89. The molecule has 34 heavy (non-hydrogen) atoms. The van der Waals surface area contributed by atoms with Crippen molar-refractivity contribution in [3.8, 4) is 0 Å². The maximum Gasteiger partial charge on any atom is 0.259 e. The summed E-state index contributed by atoms with van der Waals surface area (Å²) >= 11 is 0. The number of fused-ring (bicyclic) bond motifs is 1. The normalized spacial score (nSPS) is 29.0. The zero-order valence-electron chi connectivity index (χ0n) is 20.0. The molecule has 5 heterocycles. The van der Waals surface area contributed by atoms with Crippen molar-refractivity contribution < 1.29 is 18.7 Å². The fourth-order valence-electron chi connectivity index (χ4n) is 5.62. The molecule has 3 unspecified atom stereocenters. The van der Waals surface area contributed by atoms with E-state index in [0.29, 0.717) is 30.5 Å². The summed E-state index contributed by atoms with van der Waals surface area (Å²) in [5.74, 6) is 0.509. The average molecular weight is 480 g/mol. The molecule has 0 aromatic carbocycles. The van der Waals surface area contributed by atoms with Crippen LogP contribution < -0.4 is 21.3 Å². The summed E-state index contributed by atoms with van der Waals surface area (Å²) in [4.78, 5) is 17.8. The quantitative estimate of drug-likeness (QED) is 0.515. The number of alkyl halides is 1. The van der Waals surface area contributed by atoms with Crippen LogP contribution in [-0.2, 0) is 16.0 Å². The standard InChI is InChI=1S/C23H38FN7O3/c1-2-7-30-11-15(24)12-31-23(30)20(21(25)28-31)22(32)27-18-10-26-6-3-19(18)34-17-4-8-29(9-5-17)16-13-33-14-16/h15-19,26H,2-14H2,1H3,(H2,25,28)(H,27,32). The predicted octanol–water partition coefficient (Wildman–Crippen LogP) is 0.374. The highest BCUT2D eigenvalue weighted by molar-refractivity contribution is 6.03. The second kappa shape index (κ2) is 10.3. The number of rotatable bonds is 7. The first kappa shape index (κ1) is 23.8. The summed E-state index contributed by atoms with van der Waals surface area (Å²) in [7, 11) is 0. The molecule has 1 aromatic heterocycles. The van der Waals surface area contributed by atoms with Gasteiger partial charge in [-0.25, -0.2) is 9.07 Å². The Bertz CT molecular complexity index is 856. The Hall–Kier alpha value is -1.95. The maximum atomic E-state index is 14.2. The second-order valence-electron chi connectivity index (χ2n) is 9.98. The summed E-state index contributed by atoms with van der Waals surface area (Å²) in [6, 6.07) is 0.408. The minimum absolute atomic E-state index is 0.0524. The van der Waals surface area contributed by atoms with E-state index >= 15 is 0 Å². The molecule has 1 amide bonds. The number of hydrogen-bond donors (Lipinski definition) is 3. The number of ether oxygens (including phenoxy) is 2. The van der Waals surface area contributed by atoms with Crippen molar-refractivity contribution in [1.82, 2.24) is 25.3 Å². The second-order valence-corrected chi connectivity index (χ2v) is 9.98. The van der Waals surface area contributed by atoms with E-state index in [1.807, 2.05) is 11.8 Å². The van der Waals surface area contributed by atoms with Gasteiger partial charge < -0.3 is 30.7 Å². The zero-order valence-corrected chi connectivity index (χ0v) is 20.0. The number of amides is 1. The molecule has 0 saturated carbocycles. The van der Waals surface area contributed by atoms with Crippen LogP contribution in [0.4, 0.5) is 16.0 Å². The number of carbonyl (C=O) groups is 1. The smallest absolute Gasteiger partial charge is 0.259 e. The number of nitrogens with one attached hydrogen (secondary N) is 2. The lowest BCUT2D eigenvalue weighted by Gasteiger charge is -2.43. The monoisotopic (exact) mass is 479 g/mol. The molecular formula is C23H38FN7O3. The lowest BCUT2D eigenvalue weighted by molar-refractivity contribution is -0.103. The number of nitrogen functional groups attached to an aromatic ring is 1. The number of carbonyl (C=O) groups excluding carboxylic acids is 1. The van der Waals surface area contributed by atoms with Crippen LogP contribution in [0.15, 0.2) is 0 Å². The van der Waals surface area contributed by atoms with Crippen molar-refractivity contribution >= 4 is 17.5 Å². The summed E-state index contributed by atoms with van der Waals surface area (Å²) < 4.78 is 27.6. The van der Waals surface area contributed by atoms with Crippen LogP contribution in [0.3, 0.4) is 0 Å². The van der Waals surface area contributed by atoms with Crippen molar-refractivity contribution in [3.05, 3.63) is 5.56 Å². The molecule has 0 spiro atoms. The maximum absolute atomic E-state index is 14.2. The van der Waals surface area contributed by atoms with Crippen LogP contribution in [0.1, 0.15) is 43.0 Å². The van der Waals surface area contributed by atoms with Gasteiger partial charge in [-0.2, -0.15) is 5.10 Å². The van der Waals surface area contributed by atoms with Gasteiger partial charge in [-0.05, 0) is 32.2 Å². The van der Waals surface area contributed by atoms with E-state index in [0.717, 1.165) is 58.5 Å². The zero-order chi connectivity index (χ0) is 23.7. The SMILES string of the molecule is CCCN1CC(F)Cn2nc(N)c(C(=O)NC3CNCCC3OC3CCN(C4COC4)CC3)c21. The Labute approximate surface area is 200 Å². The minimum Gasteiger partial charge on any atom is -0.381 e. The van der Waals surface area contributed by atoms with Crippen LogP contribution in [0.2, 0.25) is 0 Å². The molecule has 10 nitrogen and oxygen atoms in total. The van der Waals surface area contributed by atoms with Crippen LogP contribution >= 0.6 is 0 Å². The van der Waals surface area contributed by atoms with Gasteiger partial charge in [0.25, 0.3) is 5.91 Å². The van der Waals surface area contributed by atoms with Gasteiger partial charge in [0.2, 0.25) is 0 Å². The summed E-state index contributed by atoms with van der Waals surface area (Å²) in [6.45, 7) is 8.31. The van der Waals surface area contributed by atoms with Crippen LogP contribution in [0, 0.1) is 0 Å². The Kier molecular flexibility index (Phi) is 7.24. The van der Waals surface area contributed by atoms with E-state index in [4.69, 9.17) is 15.2 Å². The summed E-state index contributed by atoms with van der Waals surface area (Å²) in [6.07, 6.45) is 2.81. The molecule has 0 radical (unpaired) electrons. The largest absolute Gasteiger partial charge is 0.381 e. The van der Waals surface area contributed by atoms with E-state index < -0.39 is 6.17 Å². The van der Waals surface area contributed by atoms with Gasteiger partial charge in [0.05, 0.1) is 50.6 Å². The predicted molar refractivity (Wildman–Crippen MR) is 127 cm³/mol.